The molecule has 1 unspecified atom stereocenters. The Hall–Kier alpha value is -3.52. The highest BCUT2D eigenvalue weighted by molar-refractivity contribution is 6.17. The van der Waals surface area contributed by atoms with Gasteiger partial charge in [0.2, 0.25) is 5.91 Å². The van der Waals surface area contributed by atoms with Crippen LogP contribution in [0.15, 0.2) is 61.1 Å². The highest BCUT2D eigenvalue weighted by atomic mass is 35.5. The van der Waals surface area contributed by atoms with E-state index in [0.717, 1.165) is 11.1 Å². The zero-order chi connectivity index (χ0) is 23.2. The molecule has 170 valence electrons. The highest BCUT2D eigenvalue weighted by Crippen LogP contribution is 2.32. The molecule has 3 aromatic rings. The maximum absolute atomic E-state index is 13.1. The number of hydrogen-bond donors (Lipinski definition) is 0. The Morgan fingerprint density at radius 2 is 2.00 bits per heavy atom. The summed E-state index contributed by atoms with van der Waals surface area (Å²) in [7, 11) is 0. The number of Topliss-reactive ketones (excluding diaryl/α,β-unsaturated/α-hetero) is 1. The summed E-state index contributed by atoms with van der Waals surface area (Å²) in [5.74, 6) is -0.218. The number of esters is 1. The summed E-state index contributed by atoms with van der Waals surface area (Å²) < 4.78 is 6.41. The molecular formula is C24H23ClN4O4. The summed E-state index contributed by atoms with van der Waals surface area (Å²) in [5, 5.41) is 4.14. The zero-order valence-electron chi connectivity index (χ0n) is 17.9. The Bertz CT molecular complexity index is 1130. The van der Waals surface area contributed by atoms with Gasteiger partial charge in [-0.1, -0.05) is 35.9 Å². The summed E-state index contributed by atoms with van der Waals surface area (Å²) in [6, 6.07) is 12.8. The molecule has 1 amide bonds. The molecule has 33 heavy (non-hydrogen) atoms. The van der Waals surface area contributed by atoms with Crippen molar-refractivity contribution in [1.29, 1.82) is 0 Å². The quantitative estimate of drug-likeness (QED) is 0.300. The summed E-state index contributed by atoms with van der Waals surface area (Å²) in [6.45, 7) is 0.120. The van der Waals surface area contributed by atoms with Crippen molar-refractivity contribution < 1.29 is 19.1 Å². The average molecular weight is 467 g/mol. The molecule has 8 nitrogen and oxygen atoms in total. The Labute approximate surface area is 196 Å². The molecule has 0 radical (unpaired) electrons. The summed E-state index contributed by atoms with van der Waals surface area (Å²) in [5.41, 5.74) is 2.44. The number of halogens is 1. The first kappa shape index (κ1) is 22.7. The number of amides is 1. The maximum Gasteiger partial charge on any atom is 0.326 e. The van der Waals surface area contributed by atoms with Gasteiger partial charge in [-0.15, -0.1) is 0 Å². The first-order valence-corrected chi connectivity index (χ1v) is 11.1. The largest absolute Gasteiger partial charge is 0.448 e. The molecule has 1 aliphatic rings. The van der Waals surface area contributed by atoms with Gasteiger partial charge in [0.15, 0.2) is 17.7 Å². The first-order valence-electron chi connectivity index (χ1n) is 10.6. The van der Waals surface area contributed by atoms with Crippen LogP contribution in [-0.2, 0) is 20.9 Å². The van der Waals surface area contributed by atoms with Crippen LogP contribution >= 0.6 is 11.6 Å². The van der Waals surface area contributed by atoms with E-state index < -0.39 is 5.97 Å². The van der Waals surface area contributed by atoms with Crippen molar-refractivity contribution in [3.63, 3.8) is 0 Å². The second-order valence-corrected chi connectivity index (χ2v) is 8.01. The SMILES string of the molecule is O=C(CN1Cc2ccccc2C(CC(=O)c2ccc(-n3cccn3)nc2)CCC1=O)OCCl. The Morgan fingerprint density at radius 1 is 1.15 bits per heavy atom. The van der Waals surface area contributed by atoms with Gasteiger partial charge in [0, 0.05) is 43.5 Å². The molecule has 1 aliphatic heterocycles. The molecule has 2 aromatic heterocycles. The van der Waals surface area contributed by atoms with Gasteiger partial charge in [-0.3, -0.25) is 14.4 Å². The molecule has 3 heterocycles. The van der Waals surface area contributed by atoms with Gasteiger partial charge in [-0.25, -0.2) is 9.67 Å². The van der Waals surface area contributed by atoms with E-state index in [1.165, 1.54) is 4.90 Å². The molecular weight excluding hydrogens is 444 g/mol. The fraction of sp³-hybridized carbons (Fsp3) is 0.292. The smallest absolute Gasteiger partial charge is 0.326 e. The summed E-state index contributed by atoms with van der Waals surface area (Å²) in [6.07, 6.45) is 6.00. The molecule has 0 N–H and O–H groups in total. The number of nitrogens with zero attached hydrogens (tertiary/aromatic N) is 4. The van der Waals surface area contributed by atoms with Crippen LogP contribution in [0.5, 0.6) is 0 Å². The lowest BCUT2D eigenvalue weighted by atomic mass is 9.84. The molecule has 9 heteroatoms. The van der Waals surface area contributed by atoms with Gasteiger partial charge in [-0.2, -0.15) is 5.10 Å². The number of aromatic nitrogens is 3. The lowest BCUT2D eigenvalue weighted by Crippen LogP contribution is -2.37. The number of carbonyl (C=O) groups is 3. The fourth-order valence-electron chi connectivity index (χ4n) is 4.03. The summed E-state index contributed by atoms with van der Waals surface area (Å²) in [4.78, 5) is 43.5. The second-order valence-electron chi connectivity index (χ2n) is 7.79. The van der Waals surface area contributed by atoms with Crippen molar-refractivity contribution in [1.82, 2.24) is 19.7 Å². The molecule has 0 bridgehead atoms. The average Bonchev–Trinajstić information content (AvgIpc) is 3.36. The molecule has 0 saturated heterocycles. The number of carbonyl (C=O) groups excluding carboxylic acids is 3. The first-order chi connectivity index (χ1) is 16.0. The van der Waals surface area contributed by atoms with Crippen LogP contribution in [0.4, 0.5) is 0 Å². The molecule has 0 saturated carbocycles. The van der Waals surface area contributed by atoms with Gasteiger partial charge in [0.05, 0.1) is 0 Å². The number of pyridine rings is 1. The molecule has 0 spiro atoms. The summed E-state index contributed by atoms with van der Waals surface area (Å²) >= 11 is 5.46. The molecule has 1 atom stereocenters. The number of rotatable bonds is 7. The van der Waals surface area contributed by atoms with Gasteiger partial charge < -0.3 is 9.64 Å². The number of hydrogen-bond acceptors (Lipinski definition) is 6. The Morgan fingerprint density at radius 3 is 2.73 bits per heavy atom. The van der Waals surface area contributed by atoms with Crippen molar-refractivity contribution in [2.24, 2.45) is 0 Å². The van der Waals surface area contributed by atoms with E-state index in [4.69, 9.17) is 16.3 Å². The molecule has 1 aromatic carbocycles. The molecule has 0 fully saturated rings. The number of alkyl halides is 1. The van der Waals surface area contributed by atoms with E-state index in [9.17, 15) is 14.4 Å². The van der Waals surface area contributed by atoms with Crippen LogP contribution in [0.2, 0.25) is 0 Å². The standard InChI is InChI=1S/C24H23ClN4O4/c25-16-33-24(32)15-28-14-19-4-1-2-5-20(19)17(7-9-23(28)31)12-21(30)18-6-8-22(26-13-18)29-11-3-10-27-29/h1-6,8,10-11,13,17H,7,9,12,14-16H2. The van der Waals surface area contributed by atoms with Crippen molar-refractivity contribution >= 4 is 29.3 Å². The van der Waals surface area contributed by atoms with E-state index in [-0.39, 0.29) is 49.6 Å². The van der Waals surface area contributed by atoms with Crippen molar-refractivity contribution in [3.05, 3.63) is 77.7 Å². The number of ketones is 1. The number of ether oxygens (including phenoxy) is 1. The Balaban J connectivity index is 1.51. The van der Waals surface area contributed by atoms with E-state index in [1.54, 1.807) is 41.5 Å². The van der Waals surface area contributed by atoms with Crippen molar-refractivity contribution in [2.75, 3.05) is 12.6 Å². The van der Waals surface area contributed by atoms with Crippen LogP contribution in [-0.4, -0.2) is 49.9 Å². The minimum Gasteiger partial charge on any atom is -0.448 e. The fourth-order valence-corrected chi connectivity index (χ4v) is 4.15. The van der Waals surface area contributed by atoms with E-state index in [1.807, 2.05) is 24.3 Å². The molecule has 0 aliphatic carbocycles. The van der Waals surface area contributed by atoms with Crippen LogP contribution in [0.1, 0.15) is 46.7 Å². The predicted molar refractivity (Wildman–Crippen MR) is 121 cm³/mol. The minimum atomic E-state index is -0.547. The Kier molecular flexibility index (Phi) is 7.14. The van der Waals surface area contributed by atoms with Gasteiger partial charge >= 0.3 is 5.97 Å². The lowest BCUT2D eigenvalue weighted by molar-refractivity contribution is -0.148. The maximum atomic E-state index is 13.1. The third kappa shape index (κ3) is 5.46. The second kappa shape index (κ2) is 10.4. The predicted octanol–water partition coefficient (Wildman–Crippen LogP) is 3.49. The minimum absolute atomic E-state index is 0.0371. The van der Waals surface area contributed by atoms with E-state index in [0.29, 0.717) is 17.8 Å². The van der Waals surface area contributed by atoms with Crippen molar-refractivity contribution in [2.45, 2.75) is 31.7 Å². The van der Waals surface area contributed by atoms with Gasteiger partial charge in [-0.05, 0) is 41.7 Å². The number of benzene rings is 1. The van der Waals surface area contributed by atoms with Gasteiger partial charge in [0.25, 0.3) is 0 Å². The van der Waals surface area contributed by atoms with Crippen molar-refractivity contribution in [3.8, 4) is 5.82 Å². The normalized spacial score (nSPS) is 16.0. The highest BCUT2D eigenvalue weighted by Gasteiger charge is 2.27. The topological polar surface area (TPSA) is 94.4 Å². The third-order valence-electron chi connectivity index (χ3n) is 5.69. The van der Waals surface area contributed by atoms with Crippen LogP contribution in [0.3, 0.4) is 0 Å². The monoisotopic (exact) mass is 466 g/mol. The lowest BCUT2D eigenvalue weighted by Gasteiger charge is -2.29. The van der Waals surface area contributed by atoms with Crippen LogP contribution < -0.4 is 0 Å². The van der Waals surface area contributed by atoms with E-state index in [2.05, 4.69) is 10.1 Å². The molecule has 4 rings (SSSR count). The zero-order valence-corrected chi connectivity index (χ0v) is 18.6. The van der Waals surface area contributed by atoms with Crippen LogP contribution in [0.25, 0.3) is 5.82 Å². The van der Waals surface area contributed by atoms with E-state index >= 15 is 0 Å². The van der Waals surface area contributed by atoms with Gasteiger partial charge in [0.1, 0.15) is 6.54 Å². The van der Waals surface area contributed by atoms with Crippen LogP contribution in [0, 0.1) is 0 Å². The number of fused-ring (bicyclic) bond motifs is 1. The third-order valence-corrected chi connectivity index (χ3v) is 5.80.